The molecule has 0 radical (unpaired) electrons. The number of hydrogen-bond acceptors (Lipinski definition) is 3. The third-order valence-electron chi connectivity index (χ3n) is 4.15. The number of nitrogens with zero attached hydrogens (tertiary/aromatic N) is 2. The number of rotatable bonds is 3. The Morgan fingerprint density at radius 1 is 1.36 bits per heavy atom. The molecular formula is C16H19N3O3. The largest absolute Gasteiger partial charge is 0.478 e. The molecule has 0 aromatic heterocycles. The van der Waals surface area contributed by atoms with Crippen LogP contribution in [0.2, 0.25) is 0 Å². The van der Waals surface area contributed by atoms with Crippen molar-refractivity contribution in [2.45, 2.75) is 13.0 Å². The van der Waals surface area contributed by atoms with Crippen LogP contribution in [-0.2, 0) is 4.79 Å². The molecule has 2 N–H and O–H groups in total. The average molecular weight is 301 g/mol. The van der Waals surface area contributed by atoms with Crippen LogP contribution in [-0.4, -0.2) is 54.2 Å². The maximum Gasteiger partial charge on any atom is 0.331 e. The van der Waals surface area contributed by atoms with E-state index in [4.69, 9.17) is 5.11 Å². The summed E-state index contributed by atoms with van der Waals surface area (Å²) >= 11 is 0. The lowest BCUT2D eigenvalue weighted by Gasteiger charge is -2.28. The normalized spacial score (nSPS) is 22.0. The summed E-state index contributed by atoms with van der Waals surface area (Å²) in [5.41, 5.74) is 1.95. The number of carboxylic acids is 1. The summed E-state index contributed by atoms with van der Waals surface area (Å²) in [6.45, 7) is 4.67. The van der Waals surface area contributed by atoms with Gasteiger partial charge < -0.3 is 15.3 Å². The van der Waals surface area contributed by atoms with E-state index in [0.29, 0.717) is 6.54 Å². The lowest BCUT2D eigenvalue weighted by Crippen LogP contribution is -2.49. The zero-order valence-corrected chi connectivity index (χ0v) is 12.5. The van der Waals surface area contributed by atoms with Crippen LogP contribution < -0.4 is 10.2 Å². The van der Waals surface area contributed by atoms with Crippen molar-refractivity contribution in [3.05, 3.63) is 35.4 Å². The number of urea groups is 1. The summed E-state index contributed by atoms with van der Waals surface area (Å²) in [7, 11) is 0. The first-order chi connectivity index (χ1) is 10.6. The van der Waals surface area contributed by atoms with E-state index in [2.05, 4.69) is 5.32 Å². The number of piperazine rings is 1. The number of anilines is 1. The number of fused-ring (bicyclic) bond motifs is 1. The van der Waals surface area contributed by atoms with Gasteiger partial charge in [0.2, 0.25) is 0 Å². The van der Waals surface area contributed by atoms with Gasteiger partial charge in [0.1, 0.15) is 0 Å². The molecule has 0 bridgehead atoms. The Balaban J connectivity index is 1.77. The van der Waals surface area contributed by atoms with Crippen LogP contribution in [0.1, 0.15) is 12.5 Å². The molecule has 1 aromatic rings. The van der Waals surface area contributed by atoms with Crippen LogP contribution in [0.25, 0.3) is 6.08 Å². The maximum absolute atomic E-state index is 12.4. The summed E-state index contributed by atoms with van der Waals surface area (Å²) in [6.07, 6.45) is 1.62. The standard InChI is InChI=1S/C16H19N3O3/c1-11(15(20)21)8-12-2-4-13(5-3-12)19-10-14-9-17-6-7-18(14)16(19)22/h2-5,8,14,17H,6-7,9-10H2,1H3,(H,20,21)/b11-8+/t14-/m0/s1. The second-order valence-electron chi connectivity index (χ2n) is 5.67. The second kappa shape index (κ2) is 5.81. The molecule has 0 aliphatic carbocycles. The highest BCUT2D eigenvalue weighted by atomic mass is 16.4. The van der Waals surface area contributed by atoms with Gasteiger partial charge in [0.05, 0.1) is 6.04 Å². The molecule has 2 aliphatic heterocycles. The van der Waals surface area contributed by atoms with Crippen molar-refractivity contribution in [1.82, 2.24) is 10.2 Å². The highest BCUT2D eigenvalue weighted by Crippen LogP contribution is 2.25. The Hall–Kier alpha value is -2.34. The van der Waals surface area contributed by atoms with Gasteiger partial charge in [-0.15, -0.1) is 0 Å². The summed E-state index contributed by atoms with van der Waals surface area (Å²) in [6, 6.07) is 7.69. The first kappa shape index (κ1) is 14.6. The topological polar surface area (TPSA) is 72.9 Å². The first-order valence-corrected chi connectivity index (χ1v) is 7.37. The minimum atomic E-state index is -0.928. The predicted molar refractivity (Wildman–Crippen MR) is 83.8 cm³/mol. The average Bonchev–Trinajstić information content (AvgIpc) is 2.85. The second-order valence-corrected chi connectivity index (χ2v) is 5.67. The molecule has 2 saturated heterocycles. The Bertz CT molecular complexity index is 624. The number of nitrogens with one attached hydrogen (secondary N) is 1. The van der Waals surface area contributed by atoms with Crippen molar-refractivity contribution in [1.29, 1.82) is 0 Å². The van der Waals surface area contributed by atoms with Crippen molar-refractivity contribution in [3.63, 3.8) is 0 Å². The van der Waals surface area contributed by atoms with Crippen molar-refractivity contribution >= 4 is 23.8 Å². The zero-order chi connectivity index (χ0) is 15.7. The Morgan fingerprint density at radius 2 is 2.09 bits per heavy atom. The van der Waals surface area contributed by atoms with E-state index in [0.717, 1.165) is 30.9 Å². The molecule has 6 nitrogen and oxygen atoms in total. The highest BCUT2D eigenvalue weighted by Gasteiger charge is 2.38. The molecule has 2 fully saturated rings. The van der Waals surface area contributed by atoms with E-state index in [-0.39, 0.29) is 17.6 Å². The number of hydrogen-bond donors (Lipinski definition) is 2. The minimum absolute atomic E-state index is 0.0523. The Kier molecular flexibility index (Phi) is 3.85. The van der Waals surface area contributed by atoms with Crippen molar-refractivity contribution in [3.8, 4) is 0 Å². The van der Waals surface area contributed by atoms with Crippen molar-refractivity contribution in [2.75, 3.05) is 31.1 Å². The van der Waals surface area contributed by atoms with Gasteiger partial charge in [0.25, 0.3) is 0 Å². The molecule has 2 amide bonds. The van der Waals surface area contributed by atoms with Gasteiger partial charge in [-0.1, -0.05) is 12.1 Å². The monoisotopic (exact) mass is 301 g/mol. The van der Waals surface area contributed by atoms with Gasteiger partial charge in [0, 0.05) is 37.4 Å². The van der Waals surface area contributed by atoms with E-state index >= 15 is 0 Å². The summed E-state index contributed by atoms with van der Waals surface area (Å²) < 4.78 is 0. The molecule has 6 heteroatoms. The Labute approximate surface area is 129 Å². The van der Waals surface area contributed by atoms with E-state index < -0.39 is 5.97 Å². The summed E-state index contributed by atoms with van der Waals surface area (Å²) in [5.74, 6) is -0.928. The van der Waals surface area contributed by atoms with E-state index in [1.807, 2.05) is 29.2 Å². The molecular weight excluding hydrogens is 282 g/mol. The third kappa shape index (κ3) is 2.69. The first-order valence-electron chi connectivity index (χ1n) is 7.37. The quantitative estimate of drug-likeness (QED) is 0.828. The van der Waals surface area contributed by atoms with Crippen LogP contribution in [0, 0.1) is 0 Å². The number of amides is 2. The lowest BCUT2D eigenvalue weighted by atomic mass is 10.1. The predicted octanol–water partition coefficient (Wildman–Crippen LogP) is 1.39. The molecule has 2 aliphatic rings. The fourth-order valence-electron chi connectivity index (χ4n) is 2.90. The van der Waals surface area contributed by atoms with E-state index in [1.54, 1.807) is 17.9 Å². The molecule has 3 rings (SSSR count). The molecule has 22 heavy (non-hydrogen) atoms. The fourth-order valence-corrected chi connectivity index (χ4v) is 2.90. The minimum Gasteiger partial charge on any atom is -0.478 e. The fraction of sp³-hybridized carbons (Fsp3) is 0.375. The Morgan fingerprint density at radius 3 is 2.73 bits per heavy atom. The summed E-state index contributed by atoms with van der Waals surface area (Å²) in [5, 5.41) is 12.2. The van der Waals surface area contributed by atoms with Crippen LogP contribution >= 0.6 is 0 Å². The van der Waals surface area contributed by atoms with Crippen LogP contribution in [0.3, 0.4) is 0 Å². The summed E-state index contributed by atoms with van der Waals surface area (Å²) in [4.78, 5) is 27.0. The molecule has 1 aromatic carbocycles. The van der Waals surface area contributed by atoms with Gasteiger partial charge in [-0.3, -0.25) is 4.90 Å². The highest BCUT2D eigenvalue weighted by molar-refractivity contribution is 5.95. The van der Waals surface area contributed by atoms with Crippen LogP contribution in [0.5, 0.6) is 0 Å². The molecule has 0 unspecified atom stereocenters. The smallest absolute Gasteiger partial charge is 0.331 e. The molecule has 2 heterocycles. The maximum atomic E-state index is 12.4. The van der Waals surface area contributed by atoms with Gasteiger partial charge in [0.15, 0.2) is 0 Å². The van der Waals surface area contributed by atoms with Crippen LogP contribution in [0.15, 0.2) is 29.8 Å². The molecule has 0 spiro atoms. The SMILES string of the molecule is C/C(=C\c1ccc(N2C[C@@H]3CNCCN3C2=O)cc1)C(=O)O. The number of carbonyl (C=O) groups is 2. The zero-order valence-electron chi connectivity index (χ0n) is 12.5. The van der Waals surface area contributed by atoms with Crippen molar-refractivity contribution < 1.29 is 14.7 Å². The van der Waals surface area contributed by atoms with E-state index in [9.17, 15) is 9.59 Å². The van der Waals surface area contributed by atoms with Gasteiger partial charge in [-0.05, 0) is 30.7 Å². The van der Waals surface area contributed by atoms with Crippen molar-refractivity contribution in [2.24, 2.45) is 0 Å². The van der Waals surface area contributed by atoms with E-state index in [1.165, 1.54) is 0 Å². The molecule has 1 atom stereocenters. The molecule has 116 valence electrons. The number of aliphatic carboxylic acids is 1. The lowest BCUT2D eigenvalue weighted by molar-refractivity contribution is -0.132. The third-order valence-corrected chi connectivity index (χ3v) is 4.15. The van der Waals surface area contributed by atoms with Gasteiger partial charge in [-0.2, -0.15) is 0 Å². The number of carbonyl (C=O) groups excluding carboxylic acids is 1. The molecule has 0 saturated carbocycles. The van der Waals surface area contributed by atoms with Crippen LogP contribution in [0.4, 0.5) is 10.5 Å². The number of carboxylic acid groups (broad SMARTS) is 1. The van der Waals surface area contributed by atoms with Gasteiger partial charge in [-0.25, -0.2) is 9.59 Å². The number of benzene rings is 1. The van der Waals surface area contributed by atoms with Gasteiger partial charge >= 0.3 is 12.0 Å².